The molecule has 0 spiro atoms. The van der Waals surface area contributed by atoms with E-state index in [4.69, 9.17) is 9.88 Å². The van der Waals surface area contributed by atoms with Crippen molar-refractivity contribution >= 4 is 10.0 Å². The number of ether oxygens (including phenoxy) is 1. The summed E-state index contributed by atoms with van der Waals surface area (Å²) in [6.07, 6.45) is 5.40. The van der Waals surface area contributed by atoms with Gasteiger partial charge in [-0.2, -0.15) is 0 Å². The molecule has 2 aliphatic carbocycles. The van der Waals surface area contributed by atoms with Crippen LogP contribution < -0.4 is 9.88 Å². The molecule has 0 heterocycles. The minimum Gasteiger partial charge on any atom is -0.493 e. The fourth-order valence-corrected chi connectivity index (χ4v) is 4.76. The summed E-state index contributed by atoms with van der Waals surface area (Å²) in [5.74, 6) is 3.22. The van der Waals surface area contributed by atoms with Crippen molar-refractivity contribution in [3.8, 4) is 5.75 Å². The Labute approximate surface area is 126 Å². The highest BCUT2D eigenvalue weighted by Crippen LogP contribution is 2.48. The van der Waals surface area contributed by atoms with E-state index in [9.17, 15) is 8.42 Å². The van der Waals surface area contributed by atoms with E-state index < -0.39 is 10.0 Å². The van der Waals surface area contributed by atoms with Crippen LogP contribution in [0.4, 0.5) is 0 Å². The Bertz CT molecular complexity index is 630. The van der Waals surface area contributed by atoms with E-state index in [2.05, 4.69) is 0 Å². The molecule has 116 valence electrons. The maximum atomic E-state index is 11.4. The number of fused-ring (bicyclic) bond motifs is 2. The van der Waals surface area contributed by atoms with E-state index in [1.165, 1.54) is 25.7 Å². The zero-order valence-electron chi connectivity index (χ0n) is 12.6. The van der Waals surface area contributed by atoms with Gasteiger partial charge in [0.05, 0.1) is 11.5 Å². The second-order valence-corrected chi connectivity index (χ2v) is 8.24. The Balaban J connectivity index is 1.74. The number of benzene rings is 1. The number of rotatable bonds is 4. The minimum atomic E-state index is -3.66. The molecule has 0 radical (unpaired) electrons. The molecule has 0 saturated heterocycles. The van der Waals surface area contributed by atoms with E-state index in [-0.39, 0.29) is 4.90 Å². The summed E-state index contributed by atoms with van der Waals surface area (Å²) in [6, 6.07) is 3.19. The molecule has 2 saturated carbocycles. The van der Waals surface area contributed by atoms with Gasteiger partial charge in [-0.15, -0.1) is 0 Å². The van der Waals surface area contributed by atoms with E-state index in [0.717, 1.165) is 35.3 Å². The van der Waals surface area contributed by atoms with Crippen LogP contribution in [0.25, 0.3) is 0 Å². The normalized spacial score (nSPS) is 28.0. The molecule has 21 heavy (non-hydrogen) atoms. The van der Waals surface area contributed by atoms with Crippen LogP contribution in [0, 0.1) is 31.6 Å². The van der Waals surface area contributed by atoms with Crippen LogP contribution in [-0.2, 0) is 10.0 Å². The smallest absolute Gasteiger partial charge is 0.238 e. The summed E-state index contributed by atoms with van der Waals surface area (Å²) in [4.78, 5) is 0.157. The van der Waals surface area contributed by atoms with Crippen LogP contribution in [0.1, 0.15) is 36.8 Å². The summed E-state index contributed by atoms with van der Waals surface area (Å²) in [7, 11) is -3.66. The van der Waals surface area contributed by atoms with Crippen LogP contribution in [0.15, 0.2) is 17.0 Å². The van der Waals surface area contributed by atoms with E-state index in [0.29, 0.717) is 5.92 Å². The molecule has 3 unspecified atom stereocenters. The van der Waals surface area contributed by atoms with E-state index in [1.807, 2.05) is 13.8 Å². The molecule has 2 bridgehead atoms. The SMILES string of the molecule is Cc1cc(S(N)(=O)=O)cc(C)c1OCC1CC2CCC1C2. The maximum absolute atomic E-state index is 11.4. The number of aryl methyl sites for hydroxylation is 2. The van der Waals surface area contributed by atoms with Gasteiger partial charge in [0, 0.05) is 0 Å². The lowest BCUT2D eigenvalue weighted by Gasteiger charge is -2.23. The number of primary sulfonamides is 1. The lowest BCUT2D eigenvalue weighted by Crippen LogP contribution is -2.19. The predicted molar refractivity (Wildman–Crippen MR) is 81.7 cm³/mol. The molecule has 3 atom stereocenters. The third-order valence-corrected chi connectivity index (χ3v) is 5.98. The highest BCUT2D eigenvalue weighted by molar-refractivity contribution is 7.89. The number of hydrogen-bond donors (Lipinski definition) is 1. The third kappa shape index (κ3) is 2.94. The fraction of sp³-hybridized carbons (Fsp3) is 0.625. The Morgan fingerprint density at radius 1 is 1.19 bits per heavy atom. The van der Waals surface area contributed by atoms with E-state index >= 15 is 0 Å². The van der Waals surface area contributed by atoms with Crippen molar-refractivity contribution in [2.75, 3.05) is 6.61 Å². The first-order chi connectivity index (χ1) is 9.84. The number of sulfonamides is 1. The molecule has 1 aromatic carbocycles. The van der Waals surface area contributed by atoms with Crippen molar-refractivity contribution < 1.29 is 13.2 Å². The highest BCUT2D eigenvalue weighted by atomic mass is 32.2. The van der Waals surface area contributed by atoms with Crippen molar-refractivity contribution in [3.05, 3.63) is 23.3 Å². The maximum Gasteiger partial charge on any atom is 0.238 e. The first kappa shape index (κ1) is 14.9. The van der Waals surface area contributed by atoms with Gasteiger partial charge in [-0.25, -0.2) is 13.6 Å². The molecular formula is C16H23NO3S. The Morgan fingerprint density at radius 3 is 2.33 bits per heavy atom. The largest absolute Gasteiger partial charge is 0.493 e. The van der Waals surface area contributed by atoms with Gasteiger partial charge in [-0.1, -0.05) is 6.42 Å². The summed E-state index contributed by atoms with van der Waals surface area (Å²) in [5.41, 5.74) is 1.67. The van der Waals surface area contributed by atoms with Crippen molar-refractivity contribution in [1.29, 1.82) is 0 Å². The Morgan fingerprint density at radius 2 is 1.86 bits per heavy atom. The lowest BCUT2D eigenvalue weighted by atomic mass is 9.89. The van der Waals surface area contributed by atoms with Gasteiger partial charge in [0.15, 0.2) is 0 Å². The summed E-state index contributed by atoms with van der Waals surface area (Å²) < 4.78 is 28.9. The van der Waals surface area contributed by atoms with Crippen LogP contribution in [-0.4, -0.2) is 15.0 Å². The van der Waals surface area contributed by atoms with Gasteiger partial charge in [0.25, 0.3) is 0 Å². The standard InChI is InChI=1S/C16H23NO3S/c1-10-5-15(21(17,18)19)6-11(2)16(10)20-9-14-8-12-3-4-13(14)7-12/h5-6,12-14H,3-4,7-9H2,1-2H3,(H2,17,18,19). The van der Waals surface area contributed by atoms with Crippen molar-refractivity contribution in [2.45, 2.75) is 44.4 Å². The van der Waals surface area contributed by atoms with Gasteiger partial charge in [0.2, 0.25) is 10.0 Å². The number of hydrogen-bond acceptors (Lipinski definition) is 3. The fourth-order valence-electron chi connectivity index (χ4n) is 4.07. The lowest BCUT2D eigenvalue weighted by molar-refractivity contribution is 0.193. The van der Waals surface area contributed by atoms with Crippen LogP contribution in [0.3, 0.4) is 0 Å². The van der Waals surface area contributed by atoms with Gasteiger partial charge >= 0.3 is 0 Å². The average molecular weight is 309 g/mol. The quantitative estimate of drug-likeness (QED) is 0.929. The molecule has 3 rings (SSSR count). The Kier molecular flexibility index (Phi) is 3.74. The molecule has 1 aromatic rings. The van der Waals surface area contributed by atoms with Crippen molar-refractivity contribution in [1.82, 2.24) is 0 Å². The third-order valence-electron chi connectivity index (χ3n) is 5.09. The predicted octanol–water partition coefficient (Wildman–Crippen LogP) is 2.77. The molecule has 4 nitrogen and oxygen atoms in total. The van der Waals surface area contributed by atoms with Gasteiger partial charge in [0.1, 0.15) is 5.75 Å². The summed E-state index contributed by atoms with van der Waals surface area (Å²) >= 11 is 0. The van der Waals surface area contributed by atoms with Crippen LogP contribution in [0.5, 0.6) is 5.75 Å². The van der Waals surface area contributed by atoms with E-state index in [1.54, 1.807) is 12.1 Å². The van der Waals surface area contributed by atoms with Gasteiger partial charge < -0.3 is 4.74 Å². The topological polar surface area (TPSA) is 69.4 Å². The molecule has 5 heteroatoms. The van der Waals surface area contributed by atoms with Crippen molar-refractivity contribution in [2.24, 2.45) is 22.9 Å². The van der Waals surface area contributed by atoms with Crippen molar-refractivity contribution in [3.63, 3.8) is 0 Å². The average Bonchev–Trinajstić information content (AvgIpc) is 2.98. The van der Waals surface area contributed by atoms with Gasteiger partial charge in [-0.3, -0.25) is 0 Å². The molecule has 2 aliphatic rings. The summed E-state index contributed by atoms with van der Waals surface area (Å²) in [5, 5.41) is 5.19. The molecule has 2 fully saturated rings. The minimum absolute atomic E-state index is 0.157. The van der Waals surface area contributed by atoms with Gasteiger partial charge in [-0.05, 0) is 74.1 Å². The van der Waals surface area contributed by atoms with Crippen LogP contribution in [0.2, 0.25) is 0 Å². The first-order valence-electron chi connectivity index (χ1n) is 7.61. The molecule has 0 amide bonds. The summed E-state index contributed by atoms with van der Waals surface area (Å²) in [6.45, 7) is 4.49. The number of nitrogens with two attached hydrogens (primary N) is 1. The second-order valence-electron chi connectivity index (χ2n) is 6.68. The monoisotopic (exact) mass is 309 g/mol. The highest BCUT2D eigenvalue weighted by Gasteiger charge is 2.39. The molecule has 0 aliphatic heterocycles. The Hall–Kier alpha value is -1.07. The zero-order valence-corrected chi connectivity index (χ0v) is 13.4. The first-order valence-corrected chi connectivity index (χ1v) is 9.16. The molecule has 2 N–H and O–H groups in total. The molecule has 0 aromatic heterocycles. The zero-order chi connectivity index (χ0) is 15.2. The second kappa shape index (κ2) is 5.29. The van der Waals surface area contributed by atoms with Crippen LogP contribution >= 0.6 is 0 Å². The molecular weight excluding hydrogens is 286 g/mol.